The number of piperazine rings is 1. The van der Waals surface area contributed by atoms with Crippen molar-refractivity contribution in [1.29, 1.82) is 0 Å². The molecule has 3 nitrogen and oxygen atoms in total. The van der Waals surface area contributed by atoms with E-state index < -0.39 is 5.60 Å². The maximum atomic E-state index is 11.4. The molecular formula is C22H36N2OS. The maximum Gasteiger partial charge on any atom is 0.0733 e. The third-order valence-electron chi connectivity index (χ3n) is 5.40. The molecule has 26 heavy (non-hydrogen) atoms. The minimum Gasteiger partial charge on any atom is -0.389 e. The Kier molecular flexibility index (Phi) is 9.20. The highest BCUT2D eigenvalue weighted by Gasteiger charge is 2.40. The van der Waals surface area contributed by atoms with Crippen molar-refractivity contribution in [3.8, 4) is 0 Å². The third-order valence-corrected chi connectivity index (χ3v) is 6.45. The average molecular weight is 377 g/mol. The number of aliphatic hydroxyl groups is 1. The lowest BCUT2D eigenvalue weighted by Gasteiger charge is -2.43. The maximum absolute atomic E-state index is 11.4. The summed E-state index contributed by atoms with van der Waals surface area (Å²) in [7, 11) is 0. The van der Waals surface area contributed by atoms with Gasteiger partial charge in [0.2, 0.25) is 0 Å². The van der Waals surface area contributed by atoms with Crippen molar-refractivity contribution >= 4 is 11.8 Å². The van der Waals surface area contributed by atoms with Crippen LogP contribution in [0.5, 0.6) is 0 Å². The number of nitrogens with zero attached hydrogens (tertiary/aromatic N) is 1. The third kappa shape index (κ3) is 6.12. The SMILES string of the molecule is C=C(Sc1ccccc1)C(CN1CCNCC1)C1(O)CCCCC1.CC. The molecule has 0 radical (unpaired) electrons. The van der Waals surface area contributed by atoms with E-state index in [1.54, 1.807) is 11.8 Å². The summed E-state index contributed by atoms with van der Waals surface area (Å²) in [5.74, 6) is 0.140. The molecule has 1 aromatic rings. The number of benzene rings is 1. The van der Waals surface area contributed by atoms with Crippen LogP contribution in [0.25, 0.3) is 0 Å². The van der Waals surface area contributed by atoms with E-state index in [9.17, 15) is 5.11 Å². The molecule has 1 aliphatic carbocycles. The minimum atomic E-state index is -0.581. The molecule has 2 N–H and O–H groups in total. The normalized spacial score (nSPS) is 21.3. The Bertz CT molecular complexity index is 522. The van der Waals surface area contributed by atoms with Gasteiger partial charge in [0.25, 0.3) is 0 Å². The first kappa shape index (κ1) is 21.5. The molecule has 4 heteroatoms. The smallest absolute Gasteiger partial charge is 0.0733 e. The van der Waals surface area contributed by atoms with E-state index in [-0.39, 0.29) is 5.92 Å². The van der Waals surface area contributed by atoms with Gasteiger partial charge in [-0.15, -0.1) is 0 Å². The van der Waals surface area contributed by atoms with E-state index in [1.807, 2.05) is 19.9 Å². The first-order valence-electron chi connectivity index (χ1n) is 10.2. The number of hydrogen-bond donors (Lipinski definition) is 2. The highest BCUT2D eigenvalue weighted by molar-refractivity contribution is 8.03. The zero-order valence-corrected chi connectivity index (χ0v) is 17.4. The molecule has 0 aromatic heterocycles. The first-order valence-corrected chi connectivity index (χ1v) is 11.1. The van der Waals surface area contributed by atoms with Gasteiger partial charge >= 0.3 is 0 Å². The molecule has 1 aliphatic heterocycles. The van der Waals surface area contributed by atoms with Crippen molar-refractivity contribution in [2.45, 2.75) is 56.4 Å². The quantitative estimate of drug-likeness (QED) is 0.715. The zero-order valence-electron chi connectivity index (χ0n) is 16.5. The Morgan fingerprint density at radius 3 is 2.38 bits per heavy atom. The van der Waals surface area contributed by atoms with Gasteiger partial charge in [0, 0.05) is 43.5 Å². The predicted molar refractivity (Wildman–Crippen MR) is 114 cm³/mol. The molecule has 1 aromatic carbocycles. The van der Waals surface area contributed by atoms with Crippen LogP contribution in [0.15, 0.2) is 46.7 Å². The van der Waals surface area contributed by atoms with Crippen LogP contribution in [-0.2, 0) is 0 Å². The number of thioether (sulfide) groups is 1. The molecule has 0 bridgehead atoms. The van der Waals surface area contributed by atoms with Gasteiger partial charge in [0.1, 0.15) is 0 Å². The van der Waals surface area contributed by atoms with Gasteiger partial charge in [0.05, 0.1) is 5.60 Å². The summed E-state index contributed by atoms with van der Waals surface area (Å²) in [6.07, 6.45) is 5.35. The monoisotopic (exact) mass is 376 g/mol. The lowest BCUT2D eigenvalue weighted by Crippen LogP contribution is -2.50. The van der Waals surface area contributed by atoms with Gasteiger partial charge < -0.3 is 15.3 Å². The largest absolute Gasteiger partial charge is 0.389 e. The molecule has 2 aliphatic rings. The van der Waals surface area contributed by atoms with Gasteiger partial charge in [-0.2, -0.15) is 0 Å². The lowest BCUT2D eigenvalue weighted by atomic mass is 9.75. The second-order valence-electron chi connectivity index (χ2n) is 7.15. The Morgan fingerprint density at radius 2 is 1.77 bits per heavy atom. The number of hydrogen-bond acceptors (Lipinski definition) is 4. The zero-order chi connectivity index (χ0) is 18.8. The van der Waals surface area contributed by atoms with Crippen molar-refractivity contribution in [3.05, 3.63) is 41.8 Å². The summed E-state index contributed by atoms with van der Waals surface area (Å²) in [5.41, 5.74) is -0.581. The van der Waals surface area contributed by atoms with Crippen LogP contribution in [0.1, 0.15) is 46.0 Å². The van der Waals surface area contributed by atoms with Crippen molar-refractivity contribution in [1.82, 2.24) is 10.2 Å². The molecule has 1 saturated carbocycles. The molecular weight excluding hydrogens is 340 g/mol. The fourth-order valence-electron chi connectivity index (χ4n) is 3.95. The van der Waals surface area contributed by atoms with Gasteiger partial charge in [-0.1, -0.05) is 69.6 Å². The first-order chi connectivity index (χ1) is 12.7. The Morgan fingerprint density at radius 1 is 1.15 bits per heavy atom. The van der Waals surface area contributed by atoms with Crippen LogP contribution < -0.4 is 5.32 Å². The molecule has 1 atom stereocenters. The van der Waals surface area contributed by atoms with Gasteiger partial charge in [-0.3, -0.25) is 0 Å². The summed E-state index contributed by atoms with van der Waals surface area (Å²) in [6.45, 7) is 13.5. The molecule has 3 rings (SSSR count). The average Bonchev–Trinajstić information content (AvgIpc) is 2.69. The van der Waals surface area contributed by atoms with Crippen LogP contribution >= 0.6 is 11.8 Å². The molecule has 2 fully saturated rings. The molecule has 0 spiro atoms. The Balaban J connectivity index is 0.00000117. The topological polar surface area (TPSA) is 35.5 Å². The van der Waals surface area contributed by atoms with Gasteiger partial charge in [0.15, 0.2) is 0 Å². The fraction of sp³-hybridized carbons (Fsp3) is 0.636. The Labute approximate surface area is 164 Å². The molecule has 1 unspecified atom stereocenters. The summed E-state index contributed by atoms with van der Waals surface area (Å²) < 4.78 is 0. The summed E-state index contributed by atoms with van der Waals surface area (Å²) in [6, 6.07) is 10.4. The lowest BCUT2D eigenvalue weighted by molar-refractivity contribution is -0.0444. The van der Waals surface area contributed by atoms with E-state index >= 15 is 0 Å². The van der Waals surface area contributed by atoms with Crippen LogP contribution in [0.2, 0.25) is 0 Å². The summed E-state index contributed by atoms with van der Waals surface area (Å²) in [5, 5.41) is 14.8. The predicted octanol–water partition coefficient (Wildman–Crippen LogP) is 4.54. The number of rotatable bonds is 6. The van der Waals surface area contributed by atoms with Gasteiger partial charge in [-0.25, -0.2) is 0 Å². The second-order valence-corrected chi connectivity index (χ2v) is 8.35. The summed E-state index contributed by atoms with van der Waals surface area (Å²) in [4.78, 5) is 4.82. The molecule has 1 saturated heterocycles. The van der Waals surface area contributed by atoms with E-state index in [0.29, 0.717) is 0 Å². The Hall–Kier alpha value is -0.810. The van der Waals surface area contributed by atoms with E-state index in [2.05, 4.69) is 41.1 Å². The highest BCUT2D eigenvalue weighted by atomic mass is 32.2. The van der Waals surface area contributed by atoms with E-state index in [4.69, 9.17) is 0 Å². The summed E-state index contributed by atoms with van der Waals surface area (Å²) >= 11 is 1.74. The van der Waals surface area contributed by atoms with E-state index in [1.165, 1.54) is 11.3 Å². The standard InChI is InChI=1S/C20H30N2OS.C2H6/c1-17(24-18-8-4-2-5-9-18)19(16-22-14-12-21-13-15-22)20(23)10-6-3-7-11-20;1-2/h2,4-5,8-9,19,21,23H,1,3,6-7,10-16H2;1-2H3. The molecule has 0 amide bonds. The molecule has 146 valence electrons. The van der Waals surface area contributed by atoms with Crippen molar-refractivity contribution < 1.29 is 5.11 Å². The van der Waals surface area contributed by atoms with Crippen LogP contribution in [0, 0.1) is 5.92 Å². The van der Waals surface area contributed by atoms with Crippen LogP contribution in [0.4, 0.5) is 0 Å². The molecule has 1 heterocycles. The number of nitrogens with one attached hydrogen (secondary N) is 1. The van der Waals surface area contributed by atoms with Crippen molar-refractivity contribution in [3.63, 3.8) is 0 Å². The van der Waals surface area contributed by atoms with Crippen molar-refractivity contribution in [2.75, 3.05) is 32.7 Å². The van der Waals surface area contributed by atoms with Crippen LogP contribution in [-0.4, -0.2) is 48.3 Å². The van der Waals surface area contributed by atoms with Crippen molar-refractivity contribution in [2.24, 2.45) is 5.92 Å². The fourth-order valence-corrected chi connectivity index (χ4v) is 4.98. The minimum absolute atomic E-state index is 0.140. The second kappa shape index (κ2) is 11.1. The van der Waals surface area contributed by atoms with E-state index in [0.717, 1.165) is 63.3 Å². The highest BCUT2D eigenvalue weighted by Crippen LogP contribution is 2.43. The van der Waals surface area contributed by atoms with Gasteiger partial charge in [-0.05, 0) is 29.9 Å². The van der Waals surface area contributed by atoms with Crippen LogP contribution in [0.3, 0.4) is 0 Å².